The number of Topliss-reactive ketones (excluding diaryl/α,β-unsaturated/α-hetero) is 1. The molecule has 4 heteroatoms. The average Bonchev–Trinajstić information content (AvgIpc) is 2.53. The van der Waals surface area contributed by atoms with Crippen LogP contribution < -0.4 is 0 Å². The summed E-state index contributed by atoms with van der Waals surface area (Å²) < 4.78 is 0. The minimum absolute atomic E-state index is 0.110. The van der Waals surface area contributed by atoms with Gasteiger partial charge in [-0.25, -0.2) is 0 Å². The Balaban J connectivity index is 1.99. The van der Waals surface area contributed by atoms with E-state index >= 15 is 0 Å². The van der Waals surface area contributed by atoms with E-state index in [1.165, 1.54) is 0 Å². The first kappa shape index (κ1) is 16.5. The highest BCUT2D eigenvalue weighted by atomic mass is 35.5. The van der Waals surface area contributed by atoms with Gasteiger partial charge in [0.05, 0.1) is 6.04 Å². The number of likely N-dealkylation sites (N-methyl/N-ethyl adjacent to an activating group) is 1. The van der Waals surface area contributed by atoms with Crippen LogP contribution in [0.15, 0.2) is 24.3 Å². The molecule has 0 amide bonds. The Bertz CT molecular complexity index is 483. The van der Waals surface area contributed by atoms with Gasteiger partial charge >= 0.3 is 0 Å². The van der Waals surface area contributed by atoms with Gasteiger partial charge in [-0.05, 0) is 58.6 Å². The maximum atomic E-state index is 12.6. The highest BCUT2D eigenvalue weighted by Gasteiger charge is 2.28. The summed E-state index contributed by atoms with van der Waals surface area (Å²) in [7, 11) is 2.07. The molecule has 0 bridgehead atoms. The smallest absolute Gasteiger partial charge is 0.179 e. The van der Waals surface area contributed by atoms with Crippen LogP contribution in [0.3, 0.4) is 0 Å². The molecule has 1 aromatic rings. The molecule has 1 saturated heterocycles. The summed E-state index contributed by atoms with van der Waals surface area (Å²) in [6, 6.07) is 7.62. The molecule has 1 atom stereocenters. The summed E-state index contributed by atoms with van der Waals surface area (Å²) in [5.41, 5.74) is 0.702. The minimum Gasteiger partial charge on any atom is -0.303 e. The zero-order valence-electron chi connectivity index (χ0n) is 13.2. The second kappa shape index (κ2) is 7.39. The van der Waals surface area contributed by atoms with Crippen LogP contribution in [0.5, 0.6) is 0 Å². The maximum absolute atomic E-state index is 12.6. The molecule has 3 nitrogen and oxygen atoms in total. The van der Waals surface area contributed by atoms with Gasteiger partial charge < -0.3 is 4.90 Å². The molecule has 1 fully saturated rings. The number of carbonyl (C=O) groups is 1. The molecular weight excluding hydrogens is 284 g/mol. The third-order valence-electron chi connectivity index (χ3n) is 4.68. The molecule has 21 heavy (non-hydrogen) atoms. The van der Waals surface area contributed by atoms with E-state index in [1.807, 2.05) is 19.1 Å². The van der Waals surface area contributed by atoms with Gasteiger partial charge in [-0.3, -0.25) is 9.69 Å². The van der Waals surface area contributed by atoms with Crippen LogP contribution in [0.25, 0.3) is 0 Å². The number of hydrogen-bond donors (Lipinski definition) is 0. The van der Waals surface area contributed by atoms with Crippen molar-refractivity contribution < 1.29 is 4.79 Å². The third kappa shape index (κ3) is 4.06. The fraction of sp³-hybridized carbons (Fsp3) is 0.588. The summed E-state index contributed by atoms with van der Waals surface area (Å²) in [4.78, 5) is 17.3. The summed E-state index contributed by atoms with van der Waals surface area (Å²) in [5, 5.41) is 0.618. The third-order valence-corrected chi connectivity index (χ3v) is 4.91. The molecule has 0 spiro atoms. The van der Waals surface area contributed by atoms with Crippen molar-refractivity contribution in [3.05, 3.63) is 34.9 Å². The van der Waals surface area contributed by atoms with Crippen molar-refractivity contribution >= 4 is 17.4 Å². The predicted octanol–water partition coefficient (Wildman–Crippen LogP) is 3.33. The van der Waals surface area contributed by atoms with Gasteiger partial charge in [-0.2, -0.15) is 0 Å². The first-order chi connectivity index (χ1) is 10.0. The Morgan fingerprint density at radius 3 is 2.67 bits per heavy atom. The molecule has 1 aliphatic rings. The Morgan fingerprint density at radius 2 is 2.10 bits per heavy atom. The van der Waals surface area contributed by atoms with Crippen molar-refractivity contribution in [2.45, 2.75) is 38.8 Å². The molecular formula is C17H25ClN2O. The van der Waals surface area contributed by atoms with Crippen LogP contribution >= 0.6 is 11.6 Å². The maximum Gasteiger partial charge on any atom is 0.179 e. The zero-order valence-corrected chi connectivity index (χ0v) is 13.9. The number of carbonyl (C=O) groups excluding carboxylic acids is 1. The standard InChI is InChI=1S/C17H25ClN2O/c1-4-20-10-8-16(9-11-20)19(3)13(2)17(21)14-6-5-7-15(18)12-14/h5-7,12-13,16H,4,8-11H2,1-3H3. The quantitative estimate of drug-likeness (QED) is 0.780. The number of rotatable bonds is 5. The fourth-order valence-electron chi connectivity index (χ4n) is 3.03. The monoisotopic (exact) mass is 308 g/mol. The lowest BCUT2D eigenvalue weighted by Crippen LogP contribution is -2.48. The first-order valence-electron chi connectivity index (χ1n) is 7.77. The van der Waals surface area contributed by atoms with Gasteiger partial charge in [0.1, 0.15) is 0 Å². The predicted molar refractivity (Wildman–Crippen MR) is 88.1 cm³/mol. The molecule has 1 aliphatic heterocycles. The second-order valence-electron chi connectivity index (χ2n) is 5.88. The van der Waals surface area contributed by atoms with Crippen molar-refractivity contribution in [1.82, 2.24) is 9.80 Å². The van der Waals surface area contributed by atoms with E-state index in [4.69, 9.17) is 11.6 Å². The van der Waals surface area contributed by atoms with Crippen LogP contribution in [-0.2, 0) is 0 Å². The molecule has 2 rings (SSSR count). The zero-order chi connectivity index (χ0) is 15.4. The number of piperidine rings is 1. The molecule has 0 aliphatic carbocycles. The summed E-state index contributed by atoms with van der Waals surface area (Å²) in [6.45, 7) is 7.57. The van der Waals surface area contributed by atoms with Gasteiger partial charge in [0.15, 0.2) is 5.78 Å². The SMILES string of the molecule is CCN1CCC(N(C)C(C)C(=O)c2cccc(Cl)c2)CC1. The summed E-state index contributed by atoms with van der Waals surface area (Å²) in [6.07, 6.45) is 2.27. The van der Waals surface area contributed by atoms with Crippen LogP contribution in [0.4, 0.5) is 0 Å². The highest BCUT2D eigenvalue weighted by Crippen LogP contribution is 2.20. The van der Waals surface area contributed by atoms with Gasteiger partial charge in [-0.15, -0.1) is 0 Å². The van der Waals surface area contributed by atoms with Crippen LogP contribution in [0, 0.1) is 0 Å². The lowest BCUT2D eigenvalue weighted by atomic mass is 9.98. The van der Waals surface area contributed by atoms with E-state index in [-0.39, 0.29) is 11.8 Å². The van der Waals surface area contributed by atoms with Crippen molar-refractivity contribution in [2.24, 2.45) is 0 Å². The number of nitrogens with zero attached hydrogens (tertiary/aromatic N) is 2. The molecule has 1 aromatic carbocycles. The lowest BCUT2D eigenvalue weighted by molar-refractivity contribution is 0.0712. The van der Waals surface area contributed by atoms with Crippen molar-refractivity contribution in [1.29, 1.82) is 0 Å². The van der Waals surface area contributed by atoms with Gasteiger partial charge in [-0.1, -0.05) is 30.7 Å². The summed E-state index contributed by atoms with van der Waals surface area (Å²) >= 11 is 5.98. The minimum atomic E-state index is -0.110. The van der Waals surface area contributed by atoms with Crippen molar-refractivity contribution in [3.8, 4) is 0 Å². The van der Waals surface area contributed by atoms with Gasteiger partial charge in [0.2, 0.25) is 0 Å². The van der Waals surface area contributed by atoms with E-state index in [9.17, 15) is 4.79 Å². The largest absolute Gasteiger partial charge is 0.303 e. The topological polar surface area (TPSA) is 23.6 Å². The number of halogens is 1. The first-order valence-corrected chi connectivity index (χ1v) is 8.14. The van der Waals surface area contributed by atoms with E-state index in [1.54, 1.807) is 12.1 Å². The highest BCUT2D eigenvalue weighted by molar-refractivity contribution is 6.31. The van der Waals surface area contributed by atoms with Crippen LogP contribution in [0.1, 0.15) is 37.0 Å². The molecule has 0 radical (unpaired) electrons. The number of likely N-dealkylation sites (tertiary alicyclic amines) is 1. The average molecular weight is 309 g/mol. The van der Waals surface area contributed by atoms with Crippen LogP contribution in [-0.4, -0.2) is 54.3 Å². The van der Waals surface area contributed by atoms with Crippen molar-refractivity contribution in [3.63, 3.8) is 0 Å². The second-order valence-corrected chi connectivity index (χ2v) is 6.32. The van der Waals surface area contributed by atoms with E-state index in [0.717, 1.165) is 32.5 Å². The van der Waals surface area contributed by atoms with E-state index in [0.29, 0.717) is 16.6 Å². The molecule has 1 unspecified atom stereocenters. The van der Waals surface area contributed by atoms with E-state index < -0.39 is 0 Å². The molecule has 1 heterocycles. The number of hydrogen-bond acceptors (Lipinski definition) is 3. The van der Waals surface area contributed by atoms with Gasteiger partial charge in [0, 0.05) is 16.6 Å². The Labute approximate surface area is 132 Å². The van der Waals surface area contributed by atoms with E-state index in [2.05, 4.69) is 23.8 Å². The van der Waals surface area contributed by atoms with Crippen molar-refractivity contribution in [2.75, 3.05) is 26.7 Å². The normalized spacial score (nSPS) is 18.9. The number of benzene rings is 1. The number of ketones is 1. The van der Waals surface area contributed by atoms with Gasteiger partial charge in [0.25, 0.3) is 0 Å². The molecule has 0 saturated carbocycles. The Hall–Kier alpha value is -0.900. The molecule has 0 aromatic heterocycles. The van der Waals surface area contributed by atoms with Crippen LogP contribution in [0.2, 0.25) is 5.02 Å². The fourth-order valence-corrected chi connectivity index (χ4v) is 3.22. The Kier molecular flexibility index (Phi) is 5.80. The Morgan fingerprint density at radius 1 is 1.43 bits per heavy atom. The lowest BCUT2D eigenvalue weighted by Gasteiger charge is -2.38. The molecule has 116 valence electrons. The summed E-state index contributed by atoms with van der Waals surface area (Å²) in [5.74, 6) is 0.151. The molecule has 0 N–H and O–H groups in total.